The second-order valence-corrected chi connectivity index (χ2v) is 7.63. The largest absolute Gasteiger partial charge is 0.494 e. The van der Waals surface area contributed by atoms with Crippen molar-refractivity contribution in [1.82, 2.24) is 9.38 Å². The van der Waals surface area contributed by atoms with Gasteiger partial charge in [-0.05, 0) is 17.1 Å². The number of benzene rings is 1. The third-order valence-electron chi connectivity index (χ3n) is 3.17. The topological polar surface area (TPSA) is 128 Å². The predicted molar refractivity (Wildman–Crippen MR) is 94.5 cm³/mol. The van der Waals surface area contributed by atoms with Gasteiger partial charge in [-0.2, -0.15) is 9.38 Å². The molecule has 0 aliphatic carbocycles. The van der Waals surface area contributed by atoms with E-state index < -0.39 is 14.9 Å². The highest BCUT2D eigenvalue weighted by atomic mass is 32.2. The van der Waals surface area contributed by atoms with E-state index >= 15 is 0 Å². The lowest BCUT2D eigenvalue weighted by molar-refractivity contribution is -0.389. The molecule has 2 N–H and O–H groups in total. The summed E-state index contributed by atoms with van der Waals surface area (Å²) in [7, 11) is -2.02. The Balaban J connectivity index is 1.99. The summed E-state index contributed by atoms with van der Waals surface area (Å²) >= 11 is 1.27. The van der Waals surface area contributed by atoms with Gasteiger partial charge in [0.25, 0.3) is 4.96 Å². The fraction of sp³-hybridized carbons (Fsp3) is 0.154. The minimum atomic E-state index is -3.43. The zero-order valence-electron chi connectivity index (χ0n) is 13.1. The molecule has 2 aromatic heterocycles. The second-order valence-electron chi connectivity index (χ2n) is 5.01. The minimum Gasteiger partial charge on any atom is -0.494 e. The van der Waals surface area contributed by atoms with Gasteiger partial charge in [-0.25, -0.2) is 8.42 Å². The Hall–Kier alpha value is -2.86. The minimum absolute atomic E-state index is 0.0685. The molecule has 0 spiro atoms. The molecule has 12 heteroatoms. The summed E-state index contributed by atoms with van der Waals surface area (Å²) < 4.78 is 31.6. The van der Waals surface area contributed by atoms with Gasteiger partial charge in [-0.1, -0.05) is 11.3 Å². The first-order valence-electron chi connectivity index (χ1n) is 6.81. The number of anilines is 3. The zero-order valence-corrected chi connectivity index (χ0v) is 14.7. The van der Waals surface area contributed by atoms with Crippen molar-refractivity contribution >= 4 is 49.3 Å². The predicted octanol–water partition coefficient (Wildman–Crippen LogP) is 2.43. The van der Waals surface area contributed by atoms with Crippen LogP contribution in [0.5, 0.6) is 5.75 Å². The van der Waals surface area contributed by atoms with E-state index in [4.69, 9.17) is 4.74 Å². The quantitative estimate of drug-likeness (QED) is 0.494. The maximum atomic E-state index is 11.4. The van der Waals surface area contributed by atoms with Crippen LogP contribution < -0.4 is 14.8 Å². The molecular weight excluding hydrogens is 370 g/mol. The van der Waals surface area contributed by atoms with E-state index in [2.05, 4.69) is 15.0 Å². The Morgan fingerprint density at radius 1 is 1.40 bits per heavy atom. The van der Waals surface area contributed by atoms with Gasteiger partial charge >= 0.3 is 5.82 Å². The molecule has 0 fully saturated rings. The van der Waals surface area contributed by atoms with Crippen molar-refractivity contribution < 1.29 is 18.1 Å². The number of ether oxygens (including phenoxy) is 1. The fourth-order valence-electron chi connectivity index (χ4n) is 2.23. The van der Waals surface area contributed by atoms with Crippen molar-refractivity contribution in [3.05, 3.63) is 39.9 Å². The van der Waals surface area contributed by atoms with E-state index in [1.807, 2.05) is 0 Å². The number of hydrogen-bond donors (Lipinski definition) is 2. The van der Waals surface area contributed by atoms with Crippen LogP contribution >= 0.6 is 11.3 Å². The Morgan fingerprint density at radius 3 is 2.80 bits per heavy atom. The van der Waals surface area contributed by atoms with E-state index in [9.17, 15) is 18.5 Å². The third kappa shape index (κ3) is 3.49. The lowest BCUT2D eigenvalue weighted by Gasteiger charge is -2.12. The Morgan fingerprint density at radius 2 is 2.16 bits per heavy atom. The molecule has 3 rings (SSSR count). The molecular formula is C13H13N5O5S2. The van der Waals surface area contributed by atoms with Crippen LogP contribution in [-0.4, -0.2) is 36.1 Å². The van der Waals surface area contributed by atoms with E-state index in [1.54, 1.807) is 17.6 Å². The second kappa shape index (κ2) is 6.22. The number of nitrogens with one attached hydrogen (secondary N) is 2. The maximum Gasteiger partial charge on any atom is 0.373 e. The van der Waals surface area contributed by atoms with E-state index in [-0.39, 0.29) is 11.6 Å². The summed E-state index contributed by atoms with van der Waals surface area (Å²) in [6.45, 7) is 0. The maximum absolute atomic E-state index is 11.4. The van der Waals surface area contributed by atoms with Crippen LogP contribution in [-0.2, 0) is 10.0 Å². The average molecular weight is 383 g/mol. The van der Waals surface area contributed by atoms with Crippen molar-refractivity contribution in [3.63, 3.8) is 0 Å². The normalized spacial score (nSPS) is 11.4. The van der Waals surface area contributed by atoms with Crippen molar-refractivity contribution in [2.45, 2.75) is 0 Å². The van der Waals surface area contributed by atoms with Crippen molar-refractivity contribution in [2.75, 3.05) is 23.4 Å². The van der Waals surface area contributed by atoms with Gasteiger partial charge in [-0.15, -0.1) is 0 Å². The van der Waals surface area contributed by atoms with Crippen molar-refractivity contribution in [2.24, 2.45) is 0 Å². The van der Waals surface area contributed by atoms with E-state index in [0.29, 0.717) is 22.1 Å². The number of thiazole rings is 1. The third-order valence-corrected chi connectivity index (χ3v) is 4.53. The van der Waals surface area contributed by atoms with Gasteiger partial charge in [0.1, 0.15) is 11.9 Å². The van der Waals surface area contributed by atoms with Crippen molar-refractivity contribution in [3.8, 4) is 5.75 Å². The van der Waals surface area contributed by atoms with Crippen molar-refractivity contribution in [1.29, 1.82) is 0 Å². The zero-order chi connectivity index (χ0) is 18.2. The summed E-state index contributed by atoms with van der Waals surface area (Å²) in [5.74, 6) is 0.176. The monoisotopic (exact) mass is 383 g/mol. The lowest BCUT2D eigenvalue weighted by atomic mass is 10.2. The van der Waals surface area contributed by atoms with Gasteiger partial charge in [0.05, 0.1) is 24.7 Å². The molecule has 0 amide bonds. The van der Waals surface area contributed by atoms with Crippen LogP contribution in [0.25, 0.3) is 4.96 Å². The Kier molecular flexibility index (Phi) is 4.22. The molecule has 0 saturated carbocycles. The first-order chi connectivity index (χ1) is 11.8. The number of fused-ring (bicyclic) bond motifs is 1. The summed E-state index contributed by atoms with van der Waals surface area (Å²) in [4.78, 5) is 15.5. The van der Waals surface area contributed by atoms with E-state index in [1.165, 1.54) is 35.0 Å². The number of methoxy groups -OCH3 is 1. The number of nitro groups is 1. The van der Waals surface area contributed by atoms with Gasteiger partial charge in [0.15, 0.2) is 0 Å². The van der Waals surface area contributed by atoms with Crippen LogP contribution in [0.1, 0.15) is 0 Å². The summed E-state index contributed by atoms with van der Waals surface area (Å²) in [5.41, 5.74) is 0.723. The van der Waals surface area contributed by atoms with Crippen LogP contribution in [0.2, 0.25) is 0 Å². The highest BCUT2D eigenvalue weighted by Crippen LogP contribution is 2.35. The first kappa shape index (κ1) is 17.0. The molecule has 0 bridgehead atoms. The SMILES string of the molecule is COc1cc(NS(C)(=O)=O)ccc1Nc1nc2sccn2c1[N+](=O)[O-]. The standard InChI is InChI=1S/C13H13N5O5S2/c1-23-10-7-8(16-25(2,21)22)3-4-9(10)14-11-12(18(19)20)17-5-6-24-13(17)15-11/h3-7,14,16H,1-2H3. The summed E-state index contributed by atoms with van der Waals surface area (Å²) in [5, 5.41) is 15.9. The number of imidazole rings is 1. The van der Waals surface area contributed by atoms with Gasteiger partial charge in [0, 0.05) is 11.4 Å². The fourth-order valence-corrected chi connectivity index (χ4v) is 3.50. The van der Waals surface area contributed by atoms with E-state index in [0.717, 1.165) is 6.26 Å². The number of hydrogen-bond acceptors (Lipinski definition) is 8. The molecule has 0 unspecified atom stereocenters. The first-order valence-corrected chi connectivity index (χ1v) is 9.58. The molecule has 2 heterocycles. The van der Waals surface area contributed by atoms with Crippen LogP contribution in [0.15, 0.2) is 29.8 Å². The van der Waals surface area contributed by atoms with Crippen LogP contribution in [0.4, 0.5) is 23.0 Å². The Bertz CT molecular complexity index is 1060. The highest BCUT2D eigenvalue weighted by molar-refractivity contribution is 7.92. The lowest BCUT2D eigenvalue weighted by Crippen LogP contribution is -2.09. The number of nitrogens with zero attached hydrogens (tertiary/aromatic N) is 3. The number of aromatic nitrogens is 2. The molecule has 3 aromatic rings. The molecule has 10 nitrogen and oxygen atoms in total. The summed E-state index contributed by atoms with van der Waals surface area (Å²) in [6.07, 6.45) is 2.60. The van der Waals surface area contributed by atoms with Gasteiger partial charge < -0.3 is 20.2 Å². The van der Waals surface area contributed by atoms with Crippen LogP contribution in [0.3, 0.4) is 0 Å². The Labute approximate surface area is 146 Å². The molecule has 1 aromatic carbocycles. The highest BCUT2D eigenvalue weighted by Gasteiger charge is 2.24. The average Bonchev–Trinajstić information content (AvgIpc) is 3.07. The molecule has 132 valence electrons. The molecule has 0 atom stereocenters. The van der Waals surface area contributed by atoms with Gasteiger partial charge in [0.2, 0.25) is 15.8 Å². The number of sulfonamides is 1. The molecule has 0 radical (unpaired) electrons. The van der Waals surface area contributed by atoms with Gasteiger partial charge in [-0.3, -0.25) is 4.72 Å². The molecule has 0 saturated heterocycles. The smallest absolute Gasteiger partial charge is 0.373 e. The molecule has 0 aliphatic rings. The molecule has 25 heavy (non-hydrogen) atoms. The number of rotatable bonds is 6. The van der Waals surface area contributed by atoms with Crippen LogP contribution in [0, 0.1) is 10.1 Å². The summed E-state index contributed by atoms with van der Waals surface area (Å²) in [6, 6.07) is 4.52. The molecule has 0 aliphatic heterocycles.